The Labute approximate surface area is 165 Å². The van der Waals surface area contributed by atoms with Gasteiger partial charge in [-0.3, -0.25) is 4.79 Å². The molecule has 0 fully saturated rings. The maximum atomic E-state index is 12.6. The zero-order valence-electron chi connectivity index (χ0n) is 16.6. The molecule has 27 heavy (non-hydrogen) atoms. The summed E-state index contributed by atoms with van der Waals surface area (Å²) >= 11 is 1.68. The molecule has 6 nitrogen and oxygen atoms in total. The minimum absolute atomic E-state index is 0.0134. The molecule has 0 atom stereocenters. The summed E-state index contributed by atoms with van der Waals surface area (Å²) in [5.41, 5.74) is 2.18. The molecular weight excluding hydrogens is 358 g/mol. The number of thiazole rings is 1. The lowest BCUT2D eigenvalue weighted by Gasteiger charge is -2.20. The third kappa shape index (κ3) is 6.67. The number of likely N-dealkylation sites (N-methyl/N-ethyl adjacent to an activating group) is 1. The number of nitrogens with one attached hydrogen (secondary N) is 2. The van der Waals surface area contributed by atoms with Crippen LogP contribution >= 0.6 is 11.3 Å². The molecule has 0 bridgehead atoms. The molecule has 0 unspecified atom stereocenters. The van der Waals surface area contributed by atoms with E-state index in [1.807, 2.05) is 56.0 Å². The number of carbonyl (C=O) groups excluding carboxylic acids is 1. The second-order valence-electron chi connectivity index (χ2n) is 6.19. The molecule has 1 heterocycles. The van der Waals surface area contributed by atoms with Crippen LogP contribution < -0.4 is 10.6 Å². The van der Waals surface area contributed by atoms with E-state index in [2.05, 4.69) is 27.5 Å². The molecule has 2 N–H and O–H groups in total. The van der Waals surface area contributed by atoms with Gasteiger partial charge in [-0.15, -0.1) is 11.3 Å². The van der Waals surface area contributed by atoms with Crippen LogP contribution in [0.3, 0.4) is 0 Å². The Balaban J connectivity index is 1.94. The molecule has 0 aliphatic rings. The van der Waals surface area contributed by atoms with Crippen molar-refractivity contribution in [1.29, 1.82) is 0 Å². The molecule has 0 saturated carbocycles. The highest BCUT2D eigenvalue weighted by atomic mass is 32.1. The van der Waals surface area contributed by atoms with E-state index < -0.39 is 0 Å². The van der Waals surface area contributed by atoms with Crippen molar-refractivity contribution in [2.45, 2.75) is 40.8 Å². The minimum atomic E-state index is 0.0134. The number of aryl methyl sites for hydroxylation is 2. The Hall–Kier alpha value is -2.41. The van der Waals surface area contributed by atoms with Gasteiger partial charge in [-0.05, 0) is 33.3 Å². The summed E-state index contributed by atoms with van der Waals surface area (Å²) in [6.45, 7) is 10.8. The van der Waals surface area contributed by atoms with Crippen molar-refractivity contribution in [2.24, 2.45) is 4.99 Å². The van der Waals surface area contributed by atoms with E-state index in [-0.39, 0.29) is 12.5 Å². The molecule has 0 aliphatic carbocycles. The van der Waals surface area contributed by atoms with Crippen molar-refractivity contribution < 1.29 is 4.79 Å². The Bertz CT molecular complexity index is 737. The van der Waals surface area contributed by atoms with Crippen molar-refractivity contribution in [3.8, 4) is 0 Å². The van der Waals surface area contributed by atoms with Crippen molar-refractivity contribution in [2.75, 3.05) is 19.6 Å². The standard InChI is InChI=1S/C20H29N5OS/c1-5-21-20(22-12-18-24-15(3)16(4)27-18)23-13-19(26)25(6-2)14-17-10-8-7-9-11-17/h7-11H,5-6,12-14H2,1-4H3,(H2,21,22,23). The third-order valence-corrected chi connectivity index (χ3v) is 5.22. The molecule has 1 aromatic heterocycles. The molecule has 1 amide bonds. The number of amides is 1. The second kappa shape index (κ2) is 10.7. The van der Waals surface area contributed by atoms with Gasteiger partial charge in [-0.1, -0.05) is 30.3 Å². The topological polar surface area (TPSA) is 69.6 Å². The molecular formula is C20H29N5OS. The first kappa shape index (κ1) is 20.9. The zero-order chi connectivity index (χ0) is 19.6. The van der Waals surface area contributed by atoms with Crippen LogP contribution in [0.5, 0.6) is 0 Å². The molecule has 146 valence electrons. The summed E-state index contributed by atoms with van der Waals surface area (Å²) in [5.74, 6) is 0.645. The van der Waals surface area contributed by atoms with Crippen LogP contribution in [0.15, 0.2) is 35.3 Å². The highest BCUT2D eigenvalue weighted by molar-refractivity contribution is 7.11. The fourth-order valence-electron chi connectivity index (χ4n) is 2.54. The average Bonchev–Trinajstić information content (AvgIpc) is 3.00. The molecule has 0 spiro atoms. The van der Waals surface area contributed by atoms with Crippen LogP contribution in [-0.2, 0) is 17.9 Å². The van der Waals surface area contributed by atoms with E-state index in [9.17, 15) is 4.79 Å². The predicted molar refractivity (Wildman–Crippen MR) is 112 cm³/mol. The number of carbonyl (C=O) groups is 1. The van der Waals surface area contributed by atoms with Gasteiger partial charge in [0.25, 0.3) is 0 Å². The van der Waals surface area contributed by atoms with E-state index in [0.29, 0.717) is 25.6 Å². The fraction of sp³-hybridized carbons (Fsp3) is 0.450. The minimum Gasteiger partial charge on any atom is -0.357 e. The maximum Gasteiger partial charge on any atom is 0.244 e. The normalized spacial score (nSPS) is 11.3. The summed E-state index contributed by atoms with van der Waals surface area (Å²) in [7, 11) is 0. The lowest BCUT2D eigenvalue weighted by molar-refractivity contribution is -0.130. The smallest absolute Gasteiger partial charge is 0.244 e. The summed E-state index contributed by atoms with van der Waals surface area (Å²) in [6.07, 6.45) is 0. The van der Waals surface area contributed by atoms with Crippen LogP contribution in [0.2, 0.25) is 0 Å². The van der Waals surface area contributed by atoms with Gasteiger partial charge in [0.1, 0.15) is 11.6 Å². The summed E-state index contributed by atoms with van der Waals surface area (Å²) in [5, 5.41) is 7.45. The summed E-state index contributed by atoms with van der Waals surface area (Å²) in [4.78, 5) is 24.6. The van der Waals surface area contributed by atoms with E-state index in [1.165, 1.54) is 4.88 Å². The largest absolute Gasteiger partial charge is 0.357 e. The summed E-state index contributed by atoms with van der Waals surface area (Å²) in [6, 6.07) is 10.0. The van der Waals surface area contributed by atoms with Gasteiger partial charge in [-0.25, -0.2) is 9.98 Å². The van der Waals surface area contributed by atoms with Crippen LogP contribution in [-0.4, -0.2) is 41.4 Å². The first-order valence-corrected chi connectivity index (χ1v) is 10.1. The monoisotopic (exact) mass is 387 g/mol. The van der Waals surface area contributed by atoms with Crippen LogP contribution in [0, 0.1) is 13.8 Å². The maximum absolute atomic E-state index is 12.6. The Morgan fingerprint density at radius 2 is 1.93 bits per heavy atom. The van der Waals surface area contributed by atoms with Gasteiger partial charge in [-0.2, -0.15) is 0 Å². The summed E-state index contributed by atoms with van der Waals surface area (Å²) < 4.78 is 0. The number of aromatic nitrogens is 1. The van der Waals surface area contributed by atoms with E-state index in [1.54, 1.807) is 11.3 Å². The lowest BCUT2D eigenvalue weighted by atomic mass is 10.2. The lowest BCUT2D eigenvalue weighted by Crippen LogP contribution is -2.38. The third-order valence-electron chi connectivity index (χ3n) is 4.15. The SMILES string of the molecule is CCNC(=NCC(=O)N(CC)Cc1ccccc1)NCc1nc(C)c(C)s1. The van der Waals surface area contributed by atoms with Crippen molar-refractivity contribution in [3.63, 3.8) is 0 Å². The number of aliphatic imine (C=N–C) groups is 1. The van der Waals surface area contributed by atoms with Crippen molar-refractivity contribution in [1.82, 2.24) is 20.5 Å². The van der Waals surface area contributed by atoms with Crippen LogP contribution in [0.1, 0.15) is 35.0 Å². The average molecular weight is 388 g/mol. The van der Waals surface area contributed by atoms with Gasteiger partial charge in [0.2, 0.25) is 5.91 Å². The number of hydrogen-bond acceptors (Lipinski definition) is 4. The Kier molecular flexibility index (Phi) is 8.26. The van der Waals surface area contributed by atoms with Crippen molar-refractivity contribution >= 4 is 23.2 Å². The molecule has 0 aliphatic heterocycles. The van der Waals surface area contributed by atoms with Crippen LogP contribution in [0.25, 0.3) is 0 Å². The van der Waals surface area contributed by atoms with Gasteiger partial charge in [0.05, 0.1) is 12.2 Å². The highest BCUT2D eigenvalue weighted by Crippen LogP contribution is 2.15. The van der Waals surface area contributed by atoms with Gasteiger partial charge < -0.3 is 15.5 Å². The number of rotatable bonds is 8. The predicted octanol–water partition coefficient (Wildman–Crippen LogP) is 2.86. The van der Waals surface area contributed by atoms with Gasteiger partial charge >= 0.3 is 0 Å². The fourth-order valence-corrected chi connectivity index (χ4v) is 3.42. The van der Waals surface area contributed by atoms with Gasteiger partial charge in [0.15, 0.2) is 5.96 Å². The van der Waals surface area contributed by atoms with E-state index in [0.717, 1.165) is 22.8 Å². The number of hydrogen-bond donors (Lipinski definition) is 2. The second-order valence-corrected chi connectivity index (χ2v) is 7.48. The number of benzene rings is 1. The van der Waals surface area contributed by atoms with Crippen LogP contribution in [0.4, 0.5) is 0 Å². The van der Waals surface area contributed by atoms with Crippen molar-refractivity contribution in [3.05, 3.63) is 51.5 Å². The molecule has 2 rings (SSSR count). The molecule has 2 aromatic rings. The molecule has 0 radical (unpaired) electrons. The highest BCUT2D eigenvalue weighted by Gasteiger charge is 2.12. The number of nitrogens with zero attached hydrogens (tertiary/aromatic N) is 3. The molecule has 7 heteroatoms. The first-order valence-electron chi connectivity index (χ1n) is 9.30. The van der Waals surface area contributed by atoms with Gasteiger partial charge in [0, 0.05) is 24.5 Å². The molecule has 0 saturated heterocycles. The zero-order valence-corrected chi connectivity index (χ0v) is 17.4. The Morgan fingerprint density at radius 3 is 2.52 bits per heavy atom. The van der Waals surface area contributed by atoms with E-state index >= 15 is 0 Å². The Morgan fingerprint density at radius 1 is 1.19 bits per heavy atom. The first-order chi connectivity index (χ1) is 13.0. The quantitative estimate of drug-likeness (QED) is 0.540. The van der Waals surface area contributed by atoms with E-state index in [4.69, 9.17) is 0 Å². The number of guanidine groups is 1. The molecule has 1 aromatic carbocycles.